The Morgan fingerprint density at radius 1 is 1.38 bits per heavy atom. The van der Waals surface area contributed by atoms with Gasteiger partial charge in [-0.25, -0.2) is 0 Å². The van der Waals surface area contributed by atoms with Gasteiger partial charge in [-0.15, -0.1) is 11.3 Å². The monoisotopic (exact) mass is 309 g/mol. The molecular weight excluding hydrogens is 294 g/mol. The summed E-state index contributed by atoms with van der Waals surface area (Å²) in [4.78, 5) is 31.0. The van der Waals surface area contributed by atoms with Gasteiger partial charge in [0.2, 0.25) is 0 Å². The van der Waals surface area contributed by atoms with Gasteiger partial charge in [0.15, 0.2) is 5.41 Å². The minimum absolute atomic E-state index is 0.0599. The van der Waals surface area contributed by atoms with Crippen molar-refractivity contribution in [2.75, 3.05) is 20.8 Å². The van der Waals surface area contributed by atoms with Crippen LogP contribution in [0.3, 0.4) is 0 Å². The molecule has 0 N–H and O–H groups in total. The Labute approximate surface area is 125 Å². The SMILES string of the molecule is COC(=O)C1(C(=O)OC)C[C@H]2CON=C2[C@H]1c1cccs1. The fourth-order valence-corrected chi connectivity index (χ4v) is 4.20. The lowest BCUT2D eigenvalue weighted by Gasteiger charge is -2.29. The maximum atomic E-state index is 12.5. The van der Waals surface area contributed by atoms with Crippen LogP contribution in [-0.4, -0.2) is 38.5 Å². The minimum atomic E-state index is -1.37. The molecular formula is C14H15NO5S. The van der Waals surface area contributed by atoms with Crippen LogP contribution >= 0.6 is 11.3 Å². The molecule has 0 saturated heterocycles. The number of oxime groups is 1. The third-order valence-corrected chi connectivity index (χ3v) is 5.09. The Morgan fingerprint density at radius 3 is 2.67 bits per heavy atom. The smallest absolute Gasteiger partial charge is 0.324 e. The van der Waals surface area contributed by atoms with E-state index in [1.807, 2.05) is 17.5 Å². The molecule has 2 heterocycles. The Balaban J connectivity index is 2.17. The lowest BCUT2D eigenvalue weighted by Crippen LogP contribution is -2.44. The molecule has 1 aromatic heterocycles. The second kappa shape index (κ2) is 5.14. The molecule has 0 aromatic carbocycles. The highest BCUT2D eigenvalue weighted by atomic mass is 32.1. The van der Waals surface area contributed by atoms with Crippen molar-refractivity contribution in [1.82, 2.24) is 0 Å². The maximum Gasteiger partial charge on any atom is 0.324 e. The molecule has 0 spiro atoms. The predicted molar refractivity (Wildman–Crippen MR) is 75.0 cm³/mol. The molecule has 21 heavy (non-hydrogen) atoms. The molecule has 1 aliphatic heterocycles. The zero-order valence-electron chi connectivity index (χ0n) is 11.7. The van der Waals surface area contributed by atoms with Crippen LogP contribution in [0.25, 0.3) is 0 Å². The number of hydrogen-bond acceptors (Lipinski definition) is 7. The number of carbonyl (C=O) groups is 2. The molecule has 1 fully saturated rings. The van der Waals surface area contributed by atoms with Gasteiger partial charge in [0.25, 0.3) is 0 Å². The Bertz CT molecular complexity index is 579. The van der Waals surface area contributed by atoms with Gasteiger partial charge in [-0.05, 0) is 17.9 Å². The summed E-state index contributed by atoms with van der Waals surface area (Å²) in [6.07, 6.45) is 0.299. The van der Waals surface area contributed by atoms with Gasteiger partial charge in [0.1, 0.15) is 6.61 Å². The number of rotatable bonds is 3. The van der Waals surface area contributed by atoms with Gasteiger partial charge >= 0.3 is 11.9 Å². The van der Waals surface area contributed by atoms with Crippen molar-refractivity contribution in [3.63, 3.8) is 0 Å². The van der Waals surface area contributed by atoms with E-state index in [0.717, 1.165) is 10.6 Å². The van der Waals surface area contributed by atoms with Gasteiger partial charge in [-0.3, -0.25) is 9.59 Å². The number of thiophene rings is 1. The molecule has 1 aromatic rings. The average molecular weight is 309 g/mol. The van der Waals surface area contributed by atoms with E-state index >= 15 is 0 Å². The third kappa shape index (κ3) is 1.87. The molecule has 7 heteroatoms. The van der Waals surface area contributed by atoms with Crippen molar-refractivity contribution >= 4 is 29.0 Å². The van der Waals surface area contributed by atoms with Crippen molar-refractivity contribution in [1.29, 1.82) is 0 Å². The standard InChI is InChI=1S/C14H15NO5S/c1-18-12(16)14(13(17)19-2)6-8-7-20-15-11(8)10(14)9-4-3-5-21-9/h3-5,8,10H,6-7H2,1-2H3/t8-,10+/m0/s1. The maximum absolute atomic E-state index is 12.5. The Morgan fingerprint density at radius 2 is 2.10 bits per heavy atom. The number of ether oxygens (including phenoxy) is 2. The lowest BCUT2D eigenvalue weighted by atomic mass is 9.76. The molecule has 0 radical (unpaired) electrons. The second-order valence-electron chi connectivity index (χ2n) is 5.12. The van der Waals surface area contributed by atoms with Crippen molar-refractivity contribution in [2.45, 2.75) is 12.3 Å². The van der Waals surface area contributed by atoms with Crippen molar-refractivity contribution in [3.8, 4) is 0 Å². The van der Waals surface area contributed by atoms with E-state index in [2.05, 4.69) is 5.16 Å². The second-order valence-corrected chi connectivity index (χ2v) is 6.10. The summed E-state index contributed by atoms with van der Waals surface area (Å²) in [5.41, 5.74) is -0.644. The van der Waals surface area contributed by atoms with E-state index in [-0.39, 0.29) is 5.92 Å². The van der Waals surface area contributed by atoms with Crippen LogP contribution in [0.15, 0.2) is 22.7 Å². The molecule has 1 saturated carbocycles. The first-order valence-electron chi connectivity index (χ1n) is 6.55. The van der Waals surface area contributed by atoms with E-state index in [1.54, 1.807) is 0 Å². The zero-order chi connectivity index (χ0) is 15.0. The number of carbonyl (C=O) groups excluding carboxylic acids is 2. The van der Waals surface area contributed by atoms with Crippen molar-refractivity contribution < 1.29 is 23.9 Å². The average Bonchev–Trinajstić information content (AvgIpc) is 3.20. The van der Waals surface area contributed by atoms with Crippen LogP contribution in [0.1, 0.15) is 17.2 Å². The molecule has 112 valence electrons. The summed E-state index contributed by atoms with van der Waals surface area (Å²) in [5.74, 6) is -1.70. The van der Waals surface area contributed by atoms with E-state index in [9.17, 15) is 9.59 Å². The zero-order valence-corrected chi connectivity index (χ0v) is 12.5. The molecule has 2 atom stereocenters. The highest BCUT2D eigenvalue weighted by Gasteiger charge is 2.65. The first kappa shape index (κ1) is 14.1. The summed E-state index contributed by atoms with van der Waals surface area (Å²) in [7, 11) is 2.57. The number of fused-ring (bicyclic) bond motifs is 1. The summed E-state index contributed by atoms with van der Waals surface area (Å²) >= 11 is 1.48. The van der Waals surface area contributed by atoms with Crippen LogP contribution < -0.4 is 0 Å². The topological polar surface area (TPSA) is 74.2 Å². The summed E-state index contributed by atoms with van der Waals surface area (Å²) in [5, 5.41) is 5.97. The van der Waals surface area contributed by atoms with Crippen LogP contribution in [-0.2, 0) is 23.9 Å². The largest absolute Gasteiger partial charge is 0.468 e. The Hall–Kier alpha value is -1.89. The number of esters is 2. The quantitative estimate of drug-likeness (QED) is 0.626. The minimum Gasteiger partial charge on any atom is -0.468 e. The predicted octanol–water partition coefficient (Wildman–Crippen LogP) is 1.57. The van der Waals surface area contributed by atoms with Crippen LogP contribution in [0.5, 0.6) is 0 Å². The highest BCUT2D eigenvalue weighted by Crippen LogP contribution is 2.54. The first-order chi connectivity index (χ1) is 10.1. The summed E-state index contributed by atoms with van der Waals surface area (Å²) < 4.78 is 9.85. The van der Waals surface area contributed by atoms with E-state index in [4.69, 9.17) is 14.3 Å². The van der Waals surface area contributed by atoms with Crippen LogP contribution in [0, 0.1) is 11.3 Å². The van der Waals surface area contributed by atoms with E-state index in [0.29, 0.717) is 13.0 Å². The van der Waals surface area contributed by atoms with E-state index in [1.165, 1.54) is 25.6 Å². The fourth-order valence-electron chi connectivity index (χ4n) is 3.27. The summed E-state index contributed by atoms with van der Waals surface area (Å²) in [6.45, 7) is 0.382. The molecule has 0 amide bonds. The lowest BCUT2D eigenvalue weighted by molar-refractivity contribution is -0.170. The van der Waals surface area contributed by atoms with Crippen LogP contribution in [0.4, 0.5) is 0 Å². The van der Waals surface area contributed by atoms with Crippen molar-refractivity contribution in [3.05, 3.63) is 22.4 Å². The molecule has 1 aliphatic carbocycles. The van der Waals surface area contributed by atoms with Gasteiger partial charge in [-0.2, -0.15) is 0 Å². The first-order valence-corrected chi connectivity index (χ1v) is 7.43. The van der Waals surface area contributed by atoms with E-state index < -0.39 is 23.3 Å². The molecule has 6 nitrogen and oxygen atoms in total. The Kier molecular flexibility index (Phi) is 3.44. The number of methoxy groups -OCH3 is 2. The normalized spacial score (nSPS) is 25.7. The van der Waals surface area contributed by atoms with Gasteiger partial charge in [0, 0.05) is 10.8 Å². The van der Waals surface area contributed by atoms with Crippen molar-refractivity contribution in [2.24, 2.45) is 16.5 Å². The summed E-state index contributed by atoms with van der Waals surface area (Å²) in [6, 6.07) is 3.77. The number of hydrogen-bond donors (Lipinski definition) is 0. The van der Waals surface area contributed by atoms with Crippen LogP contribution in [0.2, 0.25) is 0 Å². The molecule has 0 unspecified atom stereocenters. The number of nitrogens with zero attached hydrogens (tertiary/aromatic N) is 1. The highest BCUT2D eigenvalue weighted by molar-refractivity contribution is 7.10. The molecule has 0 bridgehead atoms. The molecule has 2 aliphatic rings. The fraction of sp³-hybridized carbons (Fsp3) is 0.500. The van der Waals surface area contributed by atoms with Gasteiger partial charge in [-0.1, -0.05) is 11.2 Å². The third-order valence-electron chi connectivity index (χ3n) is 4.15. The molecule has 3 rings (SSSR count). The van der Waals surface area contributed by atoms with Gasteiger partial charge in [0.05, 0.1) is 25.8 Å². The van der Waals surface area contributed by atoms with Gasteiger partial charge < -0.3 is 14.3 Å².